The number of aryl methyl sites for hydroxylation is 1. The summed E-state index contributed by atoms with van der Waals surface area (Å²) >= 11 is 5.80. The second kappa shape index (κ2) is 5.69. The van der Waals surface area contributed by atoms with Gasteiger partial charge in [-0.05, 0) is 19.9 Å². The van der Waals surface area contributed by atoms with Gasteiger partial charge in [0.25, 0.3) is 5.56 Å². The Labute approximate surface area is 131 Å². The van der Waals surface area contributed by atoms with Crippen LogP contribution in [-0.4, -0.2) is 29.5 Å². The molecule has 3 aromatic heterocycles. The van der Waals surface area contributed by atoms with E-state index >= 15 is 0 Å². The summed E-state index contributed by atoms with van der Waals surface area (Å²) in [5.41, 5.74) is 1.84. The zero-order chi connectivity index (χ0) is 15.7. The Kier molecular flexibility index (Phi) is 3.72. The molecule has 8 heteroatoms. The predicted molar refractivity (Wildman–Crippen MR) is 81.6 cm³/mol. The Morgan fingerprint density at radius 2 is 2.09 bits per heavy atom. The highest BCUT2D eigenvalue weighted by atomic mass is 35.5. The van der Waals surface area contributed by atoms with Crippen molar-refractivity contribution in [1.82, 2.24) is 29.5 Å². The van der Waals surface area contributed by atoms with Crippen molar-refractivity contribution in [1.29, 1.82) is 0 Å². The second-order valence-corrected chi connectivity index (χ2v) is 5.29. The zero-order valence-corrected chi connectivity index (χ0v) is 12.8. The number of aromatic nitrogens is 6. The Morgan fingerprint density at radius 1 is 1.27 bits per heavy atom. The molecule has 0 fully saturated rings. The highest BCUT2D eigenvalue weighted by Crippen LogP contribution is 2.15. The lowest BCUT2D eigenvalue weighted by molar-refractivity contribution is 0.405. The lowest BCUT2D eigenvalue weighted by Crippen LogP contribution is -2.26. The van der Waals surface area contributed by atoms with Crippen molar-refractivity contribution in [2.75, 3.05) is 0 Å². The summed E-state index contributed by atoms with van der Waals surface area (Å²) in [6.45, 7) is 3.70. The summed E-state index contributed by atoms with van der Waals surface area (Å²) in [6, 6.07) is 3.02. The van der Waals surface area contributed by atoms with Gasteiger partial charge >= 0.3 is 0 Å². The Morgan fingerprint density at radius 3 is 2.82 bits per heavy atom. The molecule has 1 unspecified atom stereocenters. The Balaban J connectivity index is 1.95. The van der Waals surface area contributed by atoms with Crippen molar-refractivity contribution < 1.29 is 0 Å². The van der Waals surface area contributed by atoms with E-state index in [1.807, 2.05) is 13.8 Å². The normalized spacial score (nSPS) is 12.3. The monoisotopic (exact) mass is 316 g/mol. The van der Waals surface area contributed by atoms with E-state index in [1.165, 1.54) is 10.6 Å². The fourth-order valence-electron chi connectivity index (χ4n) is 2.07. The molecule has 0 saturated heterocycles. The lowest BCUT2D eigenvalue weighted by Gasteiger charge is -2.14. The number of hydrogen-bond donors (Lipinski definition) is 0. The molecule has 22 heavy (non-hydrogen) atoms. The molecular weight excluding hydrogens is 304 g/mol. The Hall–Kier alpha value is -2.54. The van der Waals surface area contributed by atoms with Crippen molar-refractivity contribution in [3.8, 4) is 11.4 Å². The van der Waals surface area contributed by atoms with Gasteiger partial charge in [-0.25, -0.2) is 9.67 Å². The SMILES string of the molecule is Cc1cncc(-c2cn(C(C)n3ccc(Cl)cc3=O)nn2)n1. The average molecular weight is 317 g/mol. The second-order valence-electron chi connectivity index (χ2n) is 4.85. The molecule has 3 aromatic rings. The average Bonchev–Trinajstić information content (AvgIpc) is 2.96. The minimum absolute atomic E-state index is 0.201. The predicted octanol–water partition coefficient (Wildman–Crippen LogP) is 1.93. The smallest absolute Gasteiger partial charge is 0.253 e. The minimum atomic E-state index is -0.330. The van der Waals surface area contributed by atoms with Crippen LogP contribution in [0.1, 0.15) is 18.8 Å². The van der Waals surface area contributed by atoms with E-state index in [4.69, 9.17) is 11.6 Å². The molecule has 0 saturated carbocycles. The van der Waals surface area contributed by atoms with E-state index < -0.39 is 0 Å². The third-order valence-corrected chi connectivity index (χ3v) is 3.46. The van der Waals surface area contributed by atoms with Crippen LogP contribution in [0, 0.1) is 6.92 Å². The van der Waals surface area contributed by atoms with Gasteiger partial charge in [0.1, 0.15) is 17.6 Å². The van der Waals surface area contributed by atoms with Crippen LogP contribution in [-0.2, 0) is 0 Å². The molecule has 0 amide bonds. The van der Waals surface area contributed by atoms with E-state index in [0.29, 0.717) is 16.4 Å². The highest BCUT2D eigenvalue weighted by molar-refractivity contribution is 6.30. The summed E-state index contributed by atoms with van der Waals surface area (Å²) in [7, 11) is 0. The van der Waals surface area contributed by atoms with Crippen molar-refractivity contribution >= 4 is 11.6 Å². The molecule has 0 aromatic carbocycles. The molecule has 0 aliphatic rings. The van der Waals surface area contributed by atoms with E-state index in [9.17, 15) is 4.79 Å². The summed E-state index contributed by atoms with van der Waals surface area (Å²) in [5.74, 6) is 0. The molecular formula is C14H13ClN6O. The standard InChI is InChI=1S/C14H13ClN6O/c1-9-6-16-7-12(17-9)13-8-21(19-18-13)10(2)20-4-3-11(15)5-14(20)22/h3-8,10H,1-2H3. The number of pyridine rings is 1. The van der Waals surface area contributed by atoms with Gasteiger partial charge in [-0.3, -0.25) is 14.3 Å². The molecule has 0 aliphatic carbocycles. The van der Waals surface area contributed by atoms with Crippen LogP contribution < -0.4 is 5.56 Å². The van der Waals surface area contributed by atoms with Gasteiger partial charge < -0.3 is 0 Å². The third-order valence-electron chi connectivity index (χ3n) is 3.22. The first-order valence-corrected chi connectivity index (χ1v) is 7.01. The quantitative estimate of drug-likeness (QED) is 0.737. The van der Waals surface area contributed by atoms with Crippen LogP contribution in [0.5, 0.6) is 0 Å². The van der Waals surface area contributed by atoms with Crippen molar-refractivity contribution in [2.24, 2.45) is 0 Å². The third kappa shape index (κ3) is 2.75. The van der Waals surface area contributed by atoms with Crippen LogP contribution in [0.3, 0.4) is 0 Å². The number of rotatable bonds is 3. The lowest BCUT2D eigenvalue weighted by atomic mass is 10.3. The molecule has 0 spiro atoms. The van der Waals surface area contributed by atoms with E-state index in [1.54, 1.807) is 35.5 Å². The molecule has 0 N–H and O–H groups in total. The van der Waals surface area contributed by atoms with Crippen LogP contribution >= 0.6 is 11.6 Å². The molecule has 0 aliphatic heterocycles. The fraction of sp³-hybridized carbons (Fsp3) is 0.214. The first kappa shape index (κ1) is 14.4. The summed E-state index contributed by atoms with van der Waals surface area (Å²) in [4.78, 5) is 20.4. The van der Waals surface area contributed by atoms with Crippen molar-refractivity contribution in [3.05, 3.63) is 58.0 Å². The van der Waals surface area contributed by atoms with Gasteiger partial charge in [-0.2, -0.15) is 0 Å². The Bertz CT molecular complexity index is 872. The number of halogens is 1. The fourth-order valence-corrected chi connectivity index (χ4v) is 2.22. The van der Waals surface area contributed by atoms with E-state index in [-0.39, 0.29) is 11.7 Å². The molecule has 112 valence electrons. The van der Waals surface area contributed by atoms with Gasteiger partial charge in [0.05, 0.1) is 18.1 Å². The highest BCUT2D eigenvalue weighted by Gasteiger charge is 2.13. The first-order chi connectivity index (χ1) is 10.5. The number of nitrogens with zero attached hydrogens (tertiary/aromatic N) is 6. The van der Waals surface area contributed by atoms with Gasteiger partial charge in [-0.15, -0.1) is 5.10 Å². The molecule has 7 nitrogen and oxygen atoms in total. The van der Waals surface area contributed by atoms with Crippen molar-refractivity contribution in [2.45, 2.75) is 20.0 Å². The molecule has 3 rings (SSSR count). The molecule has 0 radical (unpaired) electrons. The molecule has 0 bridgehead atoms. The largest absolute Gasteiger partial charge is 0.293 e. The summed E-state index contributed by atoms with van der Waals surface area (Å²) in [5, 5.41) is 8.56. The van der Waals surface area contributed by atoms with Gasteiger partial charge in [-0.1, -0.05) is 16.8 Å². The van der Waals surface area contributed by atoms with Gasteiger partial charge in [0.15, 0.2) is 0 Å². The van der Waals surface area contributed by atoms with E-state index in [2.05, 4.69) is 20.3 Å². The van der Waals surface area contributed by atoms with Crippen LogP contribution in [0.4, 0.5) is 0 Å². The summed E-state index contributed by atoms with van der Waals surface area (Å²) in [6.07, 6.45) is 6.33. The number of hydrogen-bond acceptors (Lipinski definition) is 5. The first-order valence-electron chi connectivity index (χ1n) is 6.63. The summed E-state index contributed by atoms with van der Waals surface area (Å²) < 4.78 is 3.11. The molecule has 3 heterocycles. The maximum atomic E-state index is 12.0. The maximum Gasteiger partial charge on any atom is 0.253 e. The van der Waals surface area contributed by atoms with Gasteiger partial charge in [0.2, 0.25) is 0 Å². The zero-order valence-electron chi connectivity index (χ0n) is 12.0. The van der Waals surface area contributed by atoms with Crippen molar-refractivity contribution in [3.63, 3.8) is 0 Å². The van der Waals surface area contributed by atoms with Crippen LogP contribution in [0.2, 0.25) is 5.02 Å². The minimum Gasteiger partial charge on any atom is -0.293 e. The van der Waals surface area contributed by atoms with E-state index in [0.717, 1.165) is 5.69 Å². The molecule has 1 atom stereocenters. The topological polar surface area (TPSA) is 78.5 Å². The maximum absolute atomic E-state index is 12.0. The van der Waals surface area contributed by atoms with Crippen LogP contribution in [0.15, 0.2) is 41.7 Å². The van der Waals surface area contributed by atoms with Crippen LogP contribution in [0.25, 0.3) is 11.4 Å². The van der Waals surface area contributed by atoms with Gasteiger partial charge in [0, 0.05) is 23.5 Å².